The van der Waals surface area contributed by atoms with Crippen molar-refractivity contribution < 1.29 is 9.90 Å². The zero-order valence-electron chi connectivity index (χ0n) is 11.3. The quantitative estimate of drug-likeness (QED) is 0.869. The Morgan fingerprint density at radius 3 is 2.67 bits per heavy atom. The molecule has 18 heavy (non-hydrogen) atoms. The van der Waals surface area contributed by atoms with E-state index in [0.29, 0.717) is 6.54 Å². The van der Waals surface area contributed by atoms with Crippen LogP contribution in [0.15, 0.2) is 24.8 Å². The molecule has 98 valence electrons. The monoisotopic (exact) mass is 247 g/mol. The van der Waals surface area contributed by atoms with Crippen molar-refractivity contribution in [2.75, 3.05) is 18.1 Å². The Morgan fingerprint density at radius 1 is 1.50 bits per heavy atom. The molecule has 0 radical (unpaired) electrons. The lowest BCUT2D eigenvalue weighted by molar-refractivity contribution is -0.121. The minimum absolute atomic E-state index is 0.0118. The van der Waals surface area contributed by atoms with Crippen molar-refractivity contribution in [1.29, 1.82) is 0 Å². The van der Waals surface area contributed by atoms with Gasteiger partial charge in [-0.3, -0.25) is 4.79 Å². The summed E-state index contributed by atoms with van der Waals surface area (Å²) in [7, 11) is 0. The van der Waals surface area contributed by atoms with Crippen molar-refractivity contribution in [3.8, 4) is 0 Å². The summed E-state index contributed by atoms with van der Waals surface area (Å²) < 4.78 is 0. The third kappa shape index (κ3) is 3.20. The van der Waals surface area contributed by atoms with Crippen LogP contribution in [0.2, 0.25) is 0 Å². The molecule has 0 aliphatic carbocycles. The van der Waals surface area contributed by atoms with Crippen molar-refractivity contribution in [2.24, 2.45) is 5.92 Å². The number of benzene rings is 1. The molecule has 1 N–H and O–H groups in total. The summed E-state index contributed by atoms with van der Waals surface area (Å²) in [6, 6.07) is 5.88. The molecule has 1 aromatic rings. The number of aliphatic hydroxyl groups is 1. The molecule has 3 nitrogen and oxygen atoms in total. The van der Waals surface area contributed by atoms with Crippen LogP contribution >= 0.6 is 0 Å². The van der Waals surface area contributed by atoms with Gasteiger partial charge in [-0.05, 0) is 24.1 Å². The molecule has 1 aromatic carbocycles. The number of anilines is 1. The molecule has 0 spiro atoms. The van der Waals surface area contributed by atoms with Gasteiger partial charge in [0.15, 0.2) is 0 Å². The van der Waals surface area contributed by atoms with Gasteiger partial charge < -0.3 is 10.0 Å². The van der Waals surface area contributed by atoms with E-state index in [1.807, 2.05) is 39.0 Å². The topological polar surface area (TPSA) is 40.5 Å². The number of nitrogens with zero attached hydrogens (tertiary/aromatic N) is 1. The summed E-state index contributed by atoms with van der Waals surface area (Å²) in [4.78, 5) is 13.8. The van der Waals surface area contributed by atoms with E-state index >= 15 is 0 Å². The normalized spacial score (nSPS) is 10.5. The highest BCUT2D eigenvalue weighted by Crippen LogP contribution is 2.24. The van der Waals surface area contributed by atoms with E-state index in [0.717, 1.165) is 16.8 Å². The molecule has 0 fully saturated rings. The molecule has 0 heterocycles. The van der Waals surface area contributed by atoms with Crippen molar-refractivity contribution >= 4 is 17.7 Å². The Bertz CT molecular complexity index is 438. The van der Waals surface area contributed by atoms with Crippen LogP contribution in [0, 0.1) is 12.8 Å². The van der Waals surface area contributed by atoms with Gasteiger partial charge in [-0.15, -0.1) is 0 Å². The molecule has 1 amide bonds. The highest BCUT2D eigenvalue weighted by Gasteiger charge is 2.20. The first kappa shape index (κ1) is 14.5. The van der Waals surface area contributed by atoms with E-state index in [-0.39, 0.29) is 18.4 Å². The fraction of sp³-hybridized carbons (Fsp3) is 0.400. The first-order valence-corrected chi connectivity index (χ1v) is 6.16. The van der Waals surface area contributed by atoms with Crippen molar-refractivity contribution in [3.63, 3.8) is 0 Å². The highest BCUT2D eigenvalue weighted by molar-refractivity contribution is 5.96. The number of aryl methyl sites for hydroxylation is 1. The summed E-state index contributed by atoms with van der Waals surface area (Å²) >= 11 is 0. The number of carbonyl (C=O) groups excluding carboxylic acids is 1. The van der Waals surface area contributed by atoms with E-state index < -0.39 is 0 Å². The Kier molecular flexibility index (Phi) is 5.10. The van der Waals surface area contributed by atoms with E-state index in [4.69, 9.17) is 5.11 Å². The first-order chi connectivity index (χ1) is 8.51. The molecule has 0 aromatic heterocycles. The smallest absolute Gasteiger partial charge is 0.229 e. The Morgan fingerprint density at radius 2 is 2.17 bits per heavy atom. The summed E-state index contributed by atoms with van der Waals surface area (Å²) in [5.41, 5.74) is 2.80. The van der Waals surface area contributed by atoms with E-state index in [2.05, 4.69) is 6.58 Å². The van der Waals surface area contributed by atoms with E-state index in [9.17, 15) is 4.79 Å². The molecule has 0 atom stereocenters. The lowest BCUT2D eigenvalue weighted by Crippen LogP contribution is -2.37. The molecule has 0 saturated heterocycles. The van der Waals surface area contributed by atoms with Crippen LogP contribution in [0.25, 0.3) is 6.08 Å². The van der Waals surface area contributed by atoms with Gasteiger partial charge >= 0.3 is 0 Å². The minimum atomic E-state index is -0.102. The van der Waals surface area contributed by atoms with Gasteiger partial charge in [0.25, 0.3) is 0 Å². The van der Waals surface area contributed by atoms with Crippen molar-refractivity contribution in [1.82, 2.24) is 0 Å². The number of carbonyl (C=O) groups is 1. The largest absolute Gasteiger partial charge is 0.395 e. The van der Waals surface area contributed by atoms with E-state index in [1.54, 1.807) is 11.0 Å². The highest BCUT2D eigenvalue weighted by atomic mass is 16.3. The van der Waals surface area contributed by atoms with Crippen molar-refractivity contribution in [2.45, 2.75) is 20.8 Å². The number of aliphatic hydroxyl groups excluding tert-OH is 1. The van der Waals surface area contributed by atoms with Crippen LogP contribution in [-0.2, 0) is 4.79 Å². The van der Waals surface area contributed by atoms with Crippen LogP contribution < -0.4 is 4.90 Å². The van der Waals surface area contributed by atoms with Gasteiger partial charge in [0.2, 0.25) is 5.91 Å². The Balaban J connectivity index is 3.23. The Hall–Kier alpha value is -1.61. The average molecular weight is 247 g/mol. The van der Waals surface area contributed by atoms with E-state index in [1.165, 1.54) is 0 Å². The second-order valence-corrected chi connectivity index (χ2v) is 4.63. The predicted octanol–water partition coefficient (Wildman–Crippen LogP) is 2.62. The number of amides is 1. The lowest BCUT2D eigenvalue weighted by atomic mass is 10.1. The van der Waals surface area contributed by atoms with Crippen LogP contribution in [0.3, 0.4) is 0 Å². The zero-order chi connectivity index (χ0) is 13.7. The van der Waals surface area contributed by atoms with Crippen LogP contribution in [0.5, 0.6) is 0 Å². The van der Waals surface area contributed by atoms with Gasteiger partial charge in [-0.2, -0.15) is 0 Å². The maximum absolute atomic E-state index is 12.2. The van der Waals surface area contributed by atoms with Crippen LogP contribution in [0.4, 0.5) is 5.69 Å². The Labute approximate surface area is 109 Å². The van der Waals surface area contributed by atoms with Crippen LogP contribution in [-0.4, -0.2) is 24.2 Å². The number of hydrogen-bond donors (Lipinski definition) is 1. The van der Waals surface area contributed by atoms with Gasteiger partial charge in [0, 0.05) is 12.5 Å². The second kappa shape index (κ2) is 6.36. The minimum Gasteiger partial charge on any atom is -0.395 e. The van der Waals surface area contributed by atoms with Crippen LogP contribution in [0.1, 0.15) is 25.0 Å². The standard InChI is InChI=1S/C15H21NO2/c1-5-13-7-6-12(4)10-14(13)16(8-9-17)15(18)11(2)3/h5-7,10-11,17H,1,8-9H2,2-4H3. The summed E-state index contributed by atoms with van der Waals surface area (Å²) in [6.45, 7) is 9.72. The summed E-state index contributed by atoms with van der Waals surface area (Å²) in [6.07, 6.45) is 1.73. The molecular weight excluding hydrogens is 226 g/mol. The van der Waals surface area contributed by atoms with Gasteiger partial charge in [0.1, 0.15) is 0 Å². The SMILES string of the molecule is C=Cc1ccc(C)cc1N(CCO)C(=O)C(C)C. The first-order valence-electron chi connectivity index (χ1n) is 6.16. The maximum Gasteiger partial charge on any atom is 0.229 e. The third-order valence-corrected chi connectivity index (χ3v) is 2.78. The van der Waals surface area contributed by atoms with Gasteiger partial charge in [-0.1, -0.05) is 38.6 Å². The lowest BCUT2D eigenvalue weighted by Gasteiger charge is -2.26. The molecule has 1 rings (SSSR count). The molecule has 0 bridgehead atoms. The second-order valence-electron chi connectivity index (χ2n) is 4.63. The fourth-order valence-corrected chi connectivity index (χ4v) is 1.82. The average Bonchev–Trinajstić information content (AvgIpc) is 2.35. The molecule has 0 aliphatic heterocycles. The fourth-order valence-electron chi connectivity index (χ4n) is 1.82. The zero-order valence-corrected chi connectivity index (χ0v) is 11.3. The molecule has 0 saturated carbocycles. The molecule has 0 unspecified atom stereocenters. The van der Waals surface area contributed by atoms with Crippen molar-refractivity contribution in [3.05, 3.63) is 35.9 Å². The summed E-state index contributed by atoms with van der Waals surface area (Å²) in [5.74, 6) is -0.0903. The summed E-state index contributed by atoms with van der Waals surface area (Å²) in [5, 5.41) is 9.14. The molecular formula is C15H21NO2. The van der Waals surface area contributed by atoms with Gasteiger partial charge in [-0.25, -0.2) is 0 Å². The number of hydrogen-bond acceptors (Lipinski definition) is 2. The van der Waals surface area contributed by atoms with Gasteiger partial charge in [0.05, 0.1) is 12.3 Å². The molecule has 0 aliphatic rings. The predicted molar refractivity (Wildman–Crippen MR) is 75.5 cm³/mol. The molecule has 3 heteroatoms. The maximum atomic E-state index is 12.2. The third-order valence-electron chi connectivity index (χ3n) is 2.78. The number of rotatable bonds is 5.